The van der Waals surface area contributed by atoms with Gasteiger partial charge in [-0.2, -0.15) is 4.31 Å². The van der Waals surface area contributed by atoms with Crippen LogP contribution in [-0.2, 0) is 10.0 Å². The lowest BCUT2D eigenvalue weighted by Gasteiger charge is -2.14. The number of rotatable bonds is 5. The molecule has 0 aromatic carbocycles. The van der Waals surface area contributed by atoms with Gasteiger partial charge in [-0.1, -0.05) is 0 Å². The first-order chi connectivity index (χ1) is 6.59. The van der Waals surface area contributed by atoms with Crippen LogP contribution < -0.4 is 5.73 Å². The van der Waals surface area contributed by atoms with E-state index in [4.69, 9.17) is 5.73 Å². The number of aromatic amines is 1. The highest BCUT2D eigenvalue weighted by Crippen LogP contribution is 2.09. The van der Waals surface area contributed by atoms with Crippen LogP contribution >= 0.6 is 12.4 Å². The van der Waals surface area contributed by atoms with E-state index in [0.717, 1.165) is 0 Å². The molecule has 0 aliphatic rings. The Hall–Kier alpha value is -0.630. The maximum Gasteiger partial charge on any atom is 0.259 e. The largest absolute Gasteiger partial charge is 0.335 e. The molecule has 88 valence electrons. The maximum absolute atomic E-state index is 11.7. The molecule has 1 aromatic heterocycles. The average Bonchev–Trinajstić information content (AvgIpc) is 2.67. The fourth-order valence-electron chi connectivity index (χ4n) is 0.986. The molecule has 0 fully saturated rings. The summed E-state index contributed by atoms with van der Waals surface area (Å²) in [5, 5.41) is 0.108. The number of halogens is 1. The molecule has 0 radical (unpaired) electrons. The topological polar surface area (TPSA) is 92.1 Å². The lowest BCUT2D eigenvalue weighted by atomic mass is 10.4. The zero-order chi connectivity index (χ0) is 10.6. The molecule has 1 heterocycles. The number of nitrogens with one attached hydrogen (secondary N) is 1. The molecular formula is C7H15ClN4O2S. The van der Waals surface area contributed by atoms with Gasteiger partial charge in [0.25, 0.3) is 10.0 Å². The minimum atomic E-state index is -3.41. The molecule has 0 bridgehead atoms. The third kappa shape index (κ3) is 3.45. The molecule has 0 atom stereocenters. The standard InChI is InChI=1S/C7H14N4O2S.ClH/c1-11(4-2-3-8)14(12,13)7-5-9-6-10-7;/h5-6H,2-4,8H2,1H3,(H,9,10);1H. The molecule has 0 spiro atoms. The molecule has 1 rings (SSSR count). The first kappa shape index (κ1) is 14.4. The SMILES string of the molecule is CN(CCCN)S(=O)(=O)c1cnc[nH]1.Cl. The summed E-state index contributed by atoms with van der Waals surface area (Å²) >= 11 is 0. The molecule has 6 nitrogen and oxygen atoms in total. The van der Waals surface area contributed by atoms with Crippen molar-refractivity contribution in [3.63, 3.8) is 0 Å². The molecular weight excluding hydrogens is 240 g/mol. The summed E-state index contributed by atoms with van der Waals surface area (Å²) in [7, 11) is -1.89. The van der Waals surface area contributed by atoms with Crippen molar-refractivity contribution in [1.29, 1.82) is 0 Å². The first-order valence-corrected chi connectivity index (χ1v) is 5.68. The lowest BCUT2D eigenvalue weighted by Crippen LogP contribution is -2.29. The zero-order valence-corrected chi connectivity index (χ0v) is 10.0. The van der Waals surface area contributed by atoms with Crippen molar-refractivity contribution in [2.75, 3.05) is 20.1 Å². The Bertz CT molecular complexity index is 364. The summed E-state index contributed by atoms with van der Waals surface area (Å²) in [6, 6.07) is 0. The van der Waals surface area contributed by atoms with Gasteiger partial charge in [-0.3, -0.25) is 0 Å². The van der Waals surface area contributed by atoms with Gasteiger partial charge in [-0.05, 0) is 13.0 Å². The summed E-state index contributed by atoms with van der Waals surface area (Å²) < 4.78 is 24.7. The molecule has 0 amide bonds. The Morgan fingerprint density at radius 3 is 2.73 bits per heavy atom. The number of hydrogen-bond acceptors (Lipinski definition) is 4. The van der Waals surface area contributed by atoms with Crippen LogP contribution in [0, 0.1) is 0 Å². The second kappa shape index (κ2) is 6.06. The smallest absolute Gasteiger partial charge is 0.259 e. The minimum absolute atomic E-state index is 0. The van der Waals surface area contributed by atoms with Crippen LogP contribution in [0.5, 0.6) is 0 Å². The van der Waals surface area contributed by atoms with Crippen molar-refractivity contribution in [2.24, 2.45) is 5.73 Å². The second-order valence-electron chi connectivity index (χ2n) is 2.88. The molecule has 0 aliphatic carbocycles. The molecule has 8 heteroatoms. The van der Waals surface area contributed by atoms with Crippen LogP contribution in [0.1, 0.15) is 6.42 Å². The maximum atomic E-state index is 11.7. The summed E-state index contributed by atoms with van der Waals surface area (Å²) in [6.07, 6.45) is 3.27. The van der Waals surface area contributed by atoms with Crippen LogP contribution in [0.25, 0.3) is 0 Å². The van der Waals surface area contributed by atoms with Crippen LogP contribution in [0.15, 0.2) is 17.6 Å². The first-order valence-electron chi connectivity index (χ1n) is 4.24. The Morgan fingerprint density at radius 1 is 1.60 bits per heavy atom. The normalized spacial score (nSPS) is 11.4. The fraction of sp³-hybridized carbons (Fsp3) is 0.571. The van der Waals surface area contributed by atoms with Gasteiger partial charge in [0.1, 0.15) is 0 Å². The Labute approximate surface area is 95.3 Å². The third-order valence-corrected chi connectivity index (χ3v) is 3.62. The fourth-order valence-corrected chi connectivity index (χ4v) is 2.09. The Kier molecular flexibility index (Phi) is 5.81. The van der Waals surface area contributed by atoms with E-state index >= 15 is 0 Å². The summed E-state index contributed by atoms with van der Waals surface area (Å²) in [6.45, 7) is 0.890. The average molecular weight is 255 g/mol. The number of nitrogens with two attached hydrogens (primary N) is 1. The second-order valence-corrected chi connectivity index (χ2v) is 4.90. The molecule has 0 aliphatic heterocycles. The van der Waals surface area contributed by atoms with Crippen molar-refractivity contribution >= 4 is 22.4 Å². The quantitative estimate of drug-likeness (QED) is 0.761. The Balaban J connectivity index is 0.00000196. The van der Waals surface area contributed by atoms with Crippen LogP contribution in [-0.4, -0.2) is 42.8 Å². The number of H-pyrrole nitrogens is 1. The van der Waals surface area contributed by atoms with Gasteiger partial charge in [0.15, 0.2) is 5.03 Å². The van der Waals surface area contributed by atoms with E-state index in [0.29, 0.717) is 19.5 Å². The minimum Gasteiger partial charge on any atom is -0.335 e. The van der Waals surface area contributed by atoms with E-state index in [9.17, 15) is 8.42 Å². The predicted octanol–water partition coefficient (Wildman–Crippen LogP) is -0.199. The van der Waals surface area contributed by atoms with Gasteiger partial charge in [0.05, 0.1) is 12.5 Å². The van der Waals surface area contributed by atoms with Crippen molar-refractivity contribution in [3.8, 4) is 0 Å². The number of aromatic nitrogens is 2. The van der Waals surface area contributed by atoms with E-state index in [1.54, 1.807) is 0 Å². The van der Waals surface area contributed by atoms with Gasteiger partial charge in [0, 0.05) is 13.6 Å². The van der Waals surface area contributed by atoms with E-state index < -0.39 is 10.0 Å². The lowest BCUT2D eigenvalue weighted by molar-refractivity contribution is 0.461. The van der Waals surface area contributed by atoms with Gasteiger partial charge in [0.2, 0.25) is 0 Å². The van der Waals surface area contributed by atoms with Gasteiger partial charge < -0.3 is 10.7 Å². The highest BCUT2D eigenvalue weighted by Gasteiger charge is 2.20. The van der Waals surface area contributed by atoms with E-state index in [1.807, 2.05) is 0 Å². The highest BCUT2D eigenvalue weighted by atomic mass is 35.5. The molecule has 0 saturated carbocycles. The molecule has 1 aromatic rings. The zero-order valence-electron chi connectivity index (χ0n) is 8.38. The van der Waals surface area contributed by atoms with E-state index in [1.165, 1.54) is 23.9 Å². The Morgan fingerprint density at radius 2 is 2.27 bits per heavy atom. The number of sulfonamides is 1. The molecule has 3 N–H and O–H groups in total. The summed E-state index contributed by atoms with van der Waals surface area (Å²) in [5.41, 5.74) is 5.30. The molecule has 15 heavy (non-hydrogen) atoms. The van der Waals surface area contributed by atoms with E-state index in [2.05, 4.69) is 9.97 Å². The molecule has 0 saturated heterocycles. The number of imidazole rings is 1. The molecule has 0 unspecified atom stereocenters. The summed E-state index contributed by atoms with van der Waals surface area (Å²) in [4.78, 5) is 6.23. The highest BCUT2D eigenvalue weighted by molar-refractivity contribution is 7.89. The van der Waals surface area contributed by atoms with Crippen LogP contribution in [0.4, 0.5) is 0 Å². The van der Waals surface area contributed by atoms with Crippen molar-refractivity contribution in [3.05, 3.63) is 12.5 Å². The van der Waals surface area contributed by atoms with Crippen molar-refractivity contribution in [2.45, 2.75) is 11.4 Å². The third-order valence-electron chi connectivity index (χ3n) is 1.84. The summed E-state index contributed by atoms with van der Waals surface area (Å²) in [5.74, 6) is 0. The number of nitrogens with zero attached hydrogens (tertiary/aromatic N) is 2. The number of hydrogen-bond donors (Lipinski definition) is 2. The van der Waals surface area contributed by atoms with Crippen molar-refractivity contribution < 1.29 is 8.42 Å². The predicted molar refractivity (Wildman–Crippen MR) is 59.3 cm³/mol. The van der Waals surface area contributed by atoms with Crippen molar-refractivity contribution in [1.82, 2.24) is 14.3 Å². The van der Waals surface area contributed by atoms with Gasteiger partial charge in [-0.15, -0.1) is 12.4 Å². The van der Waals surface area contributed by atoms with Crippen LogP contribution in [0.2, 0.25) is 0 Å². The van der Waals surface area contributed by atoms with Gasteiger partial charge in [-0.25, -0.2) is 13.4 Å². The van der Waals surface area contributed by atoms with Gasteiger partial charge >= 0.3 is 0 Å². The van der Waals surface area contributed by atoms with Crippen LogP contribution in [0.3, 0.4) is 0 Å². The van der Waals surface area contributed by atoms with E-state index in [-0.39, 0.29) is 17.4 Å². The monoisotopic (exact) mass is 254 g/mol.